The van der Waals surface area contributed by atoms with Crippen molar-refractivity contribution in [1.82, 2.24) is 9.97 Å². The number of ether oxygens (including phenoxy) is 2. The summed E-state index contributed by atoms with van der Waals surface area (Å²) in [4.78, 5) is 8.19. The fourth-order valence-electron chi connectivity index (χ4n) is 3.20. The first kappa shape index (κ1) is 17.7. The molecule has 0 radical (unpaired) electrons. The number of aromatic nitrogens is 2. The highest BCUT2D eigenvalue weighted by Crippen LogP contribution is 2.42. The zero-order valence-electron chi connectivity index (χ0n) is 15.6. The third-order valence-corrected chi connectivity index (χ3v) is 4.56. The van der Waals surface area contributed by atoms with Crippen LogP contribution >= 0.6 is 0 Å². The molecule has 1 aromatic heterocycles. The summed E-state index contributed by atoms with van der Waals surface area (Å²) in [7, 11) is 3.10. The predicted octanol–water partition coefficient (Wildman–Crippen LogP) is 5.13. The van der Waals surface area contributed by atoms with E-state index in [9.17, 15) is 5.11 Å². The number of nitrogens with one attached hydrogen (secondary N) is 1. The lowest BCUT2D eigenvalue weighted by atomic mass is 10.1. The second-order valence-electron chi connectivity index (χ2n) is 6.26. The minimum absolute atomic E-state index is 0.0316. The highest BCUT2D eigenvalue weighted by molar-refractivity contribution is 5.83. The molecule has 1 heterocycles. The lowest BCUT2D eigenvalue weighted by Crippen LogP contribution is -1.92. The van der Waals surface area contributed by atoms with Crippen molar-refractivity contribution >= 4 is 0 Å². The number of aromatic hydroxyl groups is 1. The van der Waals surface area contributed by atoms with Gasteiger partial charge in [-0.3, -0.25) is 0 Å². The van der Waals surface area contributed by atoms with Crippen LogP contribution in [0.15, 0.2) is 72.8 Å². The molecule has 0 fully saturated rings. The van der Waals surface area contributed by atoms with Gasteiger partial charge < -0.3 is 19.6 Å². The highest BCUT2D eigenvalue weighted by Gasteiger charge is 2.21. The van der Waals surface area contributed by atoms with Gasteiger partial charge in [-0.2, -0.15) is 0 Å². The van der Waals surface area contributed by atoms with Gasteiger partial charge in [0.2, 0.25) is 0 Å². The van der Waals surface area contributed by atoms with E-state index in [1.165, 1.54) is 0 Å². The van der Waals surface area contributed by atoms with Gasteiger partial charge in [-0.05, 0) is 0 Å². The number of benzene rings is 3. The van der Waals surface area contributed by atoms with E-state index in [0.717, 1.165) is 22.5 Å². The quantitative estimate of drug-likeness (QED) is 0.509. The molecular weight excluding hydrogens is 352 g/mol. The molecule has 0 amide bonds. The number of imidazole rings is 1. The van der Waals surface area contributed by atoms with E-state index in [4.69, 9.17) is 14.5 Å². The van der Waals surface area contributed by atoms with Crippen LogP contribution in [0.1, 0.15) is 0 Å². The Morgan fingerprint density at radius 3 is 2.07 bits per heavy atom. The van der Waals surface area contributed by atoms with Crippen molar-refractivity contribution in [2.75, 3.05) is 14.2 Å². The van der Waals surface area contributed by atoms with Gasteiger partial charge in [-0.25, -0.2) is 4.98 Å². The third-order valence-electron chi connectivity index (χ3n) is 4.56. The maximum atomic E-state index is 10.6. The van der Waals surface area contributed by atoms with Crippen molar-refractivity contribution in [2.24, 2.45) is 0 Å². The molecule has 0 saturated carbocycles. The minimum atomic E-state index is 0.0316. The van der Waals surface area contributed by atoms with Gasteiger partial charge >= 0.3 is 0 Å². The Bertz CT molecular complexity index is 1030. The van der Waals surface area contributed by atoms with Gasteiger partial charge in [-0.1, -0.05) is 60.7 Å². The van der Waals surface area contributed by atoms with Gasteiger partial charge in [0.1, 0.15) is 28.6 Å². The molecular formula is C23H20N2O3. The fraction of sp³-hybridized carbons (Fsp3) is 0.0870. The molecule has 0 atom stereocenters. The second-order valence-corrected chi connectivity index (χ2v) is 6.26. The molecule has 0 aliphatic heterocycles. The molecule has 140 valence electrons. The molecule has 5 nitrogen and oxygen atoms in total. The molecule has 0 aliphatic carbocycles. The minimum Gasteiger partial charge on any atom is -0.507 e. The summed E-state index contributed by atoms with van der Waals surface area (Å²) in [6, 6.07) is 23.2. The largest absolute Gasteiger partial charge is 0.507 e. The molecule has 2 N–H and O–H groups in total. The summed E-state index contributed by atoms with van der Waals surface area (Å²) >= 11 is 0. The monoisotopic (exact) mass is 372 g/mol. The van der Waals surface area contributed by atoms with Crippen LogP contribution in [0.3, 0.4) is 0 Å². The number of H-pyrrole nitrogens is 1. The standard InChI is InChI=1S/C23H20N2O3/c1-27-17-13-18(26)20(19(14-17)28-2)23-24-21(15-9-5-3-6-10-15)22(25-23)16-11-7-4-8-12-16/h3-14,26H,1-2H3,(H,24,25). The average Bonchev–Trinajstić information content (AvgIpc) is 3.19. The predicted molar refractivity (Wildman–Crippen MR) is 110 cm³/mol. The van der Waals surface area contributed by atoms with Crippen LogP contribution in [0.5, 0.6) is 17.2 Å². The van der Waals surface area contributed by atoms with Crippen LogP contribution in [-0.2, 0) is 0 Å². The SMILES string of the molecule is COc1cc(O)c(-c2nc(-c3ccccc3)c(-c3ccccc3)[nH]2)c(OC)c1. The smallest absolute Gasteiger partial charge is 0.146 e. The molecule has 3 aromatic carbocycles. The van der Waals surface area contributed by atoms with Crippen LogP contribution < -0.4 is 9.47 Å². The van der Waals surface area contributed by atoms with E-state index in [1.807, 2.05) is 60.7 Å². The number of phenols is 1. The van der Waals surface area contributed by atoms with E-state index in [2.05, 4.69) is 4.98 Å². The summed E-state index contributed by atoms with van der Waals surface area (Å²) < 4.78 is 10.7. The summed E-state index contributed by atoms with van der Waals surface area (Å²) in [5.74, 6) is 1.54. The number of nitrogens with zero attached hydrogens (tertiary/aromatic N) is 1. The molecule has 4 aromatic rings. The highest BCUT2D eigenvalue weighted by atomic mass is 16.5. The van der Waals surface area contributed by atoms with E-state index < -0.39 is 0 Å². The molecule has 4 rings (SSSR count). The van der Waals surface area contributed by atoms with E-state index in [-0.39, 0.29) is 5.75 Å². The molecule has 5 heteroatoms. The van der Waals surface area contributed by atoms with Crippen LogP contribution in [-0.4, -0.2) is 29.3 Å². The Hall–Kier alpha value is -3.73. The first-order valence-corrected chi connectivity index (χ1v) is 8.87. The maximum Gasteiger partial charge on any atom is 0.146 e. The number of phenolic OH excluding ortho intramolecular Hbond substituents is 1. The van der Waals surface area contributed by atoms with Crippen molar-refractivity contribution in [3.05, 3.63) is 72.8 Å². The number of hydrogen-bond acceptors (Lipinski definition) is 4. The third kappa shape index (κ3) is 3.18. The van der Waals surface area contributed by atoms with E-state index in [1.54, 1.807) is 26.4 Å². The molecule has 0 spiro atoms. The van der Waals surface area contributed by atoms with Crippen LogP contribution in [0.4, 0.5) is 0 Å². The number of rotatable bonds is 5. The van der Waals surface area contributed by atoms with Gasteiger partial charge in [0.25, 0.3) is 0 Å². The van der Waals surface area contributed by atoms with Crippen LogP contribution in [0.2, 0.25) is 0 Å². The Morgan fingerprint density at radius 2 is 1.46 bits per heavy atom. The Labute approximate surface area is 163 Å². The number of aromatic amines is 1. The summed E-state index contributed by atoms with van der Waals surface area (Å²) in [5.41, 5.74) is 4.16. The zero-order chi connectivity index (χ0) is 19.5. The maximum absolute atomic E-state index is 10.6. The molecule has 0 bridgehead atoms. The number of hydrogen-bond donors (Lipinski definition) is 2. The lowest BCUT2D eigenvalue weighted by Gasteiger charge is -2.10. The van der Waals surface area contributed by atoms with Crippen LogP contribution in [0.25, 0.3) is 33.9 Å². The average molecular weight is 372 g/mol. The van der Waals surface area contributed by atoms with Crippen molar-refractivity contribution < 1.29 is 14.6 Å². The number of methoxy groups -OCH3 is 2. The van der Waals surface area contributed by atoms with Crippen molar-refractivity contribution in [3.63, 3.8) is 0 Å². The molecule has 0 aliphatic rings. The van der Waals surface area contributed by atoms with Crippen molar-refractivity contribution in [2.45, 2.75) is 0 Å². The Morgan fingerprint density at radius 1 is 0.821 bits per heavy atom. The van der Waals surface area contributed by atoms with Crippen molar-refractivity contribution in [1.29, 1.82) is 0 Å². The lowest BCUT2D eigenvalue weighted by molar-refractivity contribution is 0.386. The second kappa shape index (κ2) is 7.48. The first-order valence-electron chi connectivity index (χ1n) is 8.87. The van der Waals surface area contributed by atoms with Gasteiger partial charge in [0.15, 0.2) is 0 Å². The van der Waals surface area contributed by atoms with Crippen molar-refractivity contribution in [3.8, 4) is 51.2 Å². The molecule has 0 unspecified atom stereocenters. The van der Waals surface area contributed by atoms with Crippen LogP contribution in [0, 0.1) is 0 Å². The Kier molecular flexibility index (Phi) is 4.72. The van der Waals surface area contributed by atoms with Gasteiger partial charge in [0.05, 0.1) is 25.6 Å². The van der Waals surface area contributed by atoms with Gasteiger partial charge in [0, 0.05) is 23.3 Å². The fourth-order valence-corrected chi connectivity index (χ4v) is 3.20. The van der Waals surface area contributed by atoms with Gasteiger partial charge in [-0.15, -0.1) is 0 Å². The van der Waals surface area contributed by atoms with E-state index >= 15 is 0 Å². The molecule has 28 heavy (non-hydrogen) atoms. The summed E-state index contributed by atoms with van der Waals surface area (Å²) in [5, 5.41) is 10.6. The normalized spacial score (nSPS) is 10.6. The first-order chi connectivity index (χ1) is 13.7. The molecule has 0 saturated heterocycles. The topological polar surface area (TPSA) is 67.4 Å². The zero-order valence-corrected chi connectivity index (χ0v) is 15.6. The summed E-state index contributed by atoms with van der Waals surface area (Å²) in [6.07, 6.45) is 0. The Balaban J connectivity index is 1.95. The summed E-state index contributed by atoms with van der Waals surface area (Å²) in [6.45, 7) is 0. The van der Waals surface area contributed by atoms with E-state index in [0.29, 0.717) is 22.9 Å².